The summed E-state index contributed by atoms with van der Waals surface area (Å²) in [6, 6.07) is 19.8. The number of benzene rings is 2. The number of nitrogens with zero attached hydrogens (tertiary/aromatic N) is 5. The van der Waals surface area contributed by atoms with Gasteiger partial charge in [0.05, 0.1) is 21.7 Å². The molecule has 198 valence electrons. The van der Waals surface area contributed by atoms with Crippen molar-refractivity contribution in [3.8, 4) is 50.4 Å². The maximum Gasteiger partial charge on any atom is 0.269 e. The Kier molecular flexibility index (Phi) is 8.33. The first-order chi connectivity index (χ1) is 19.4. The summed E-state index contributed by atoms with van der Waals surface area (Å²) >= 11 is 14.9. The molecule has 0 saturated heterocycles. The van der Waals surface area contributed by atoms with Crippen LogP contribution in [0.15, 0.2) is 80.5 Å². The summed E-state index contributed by atoms with van der Waals surface area (Å²) in [4.78, 5) is 21.1. The zero-order chi connectivity index (χ0) is 28.1. The van der Waals surface area contributed by atoms with Crippen LogP contribution in [0, 0.1) is 11.3 Å². The van der Waals surface area contributed by atoms with E-state index in [1.54, 1.807) is 48.5 Å². The van der Waals surface area contributed by atoms with Crippen molar-refractivity contribution in [1.82, 2.24) is 20.3 Å². The lowest BCUT2D eigenvalue weighted by atomic mass is 10.1. The van der Waals surface area contributed by atoms with Gasteiger partial charge >= 0.3 is 0 Å². The van der Waals surface area contributed by atoms with Crippen LogP contribution in [-0.2, 0) is 4.79 Å². The number of thiophene rings is 2. The van der Waals surface area contributed by atoms with Crippen molar-refractivity contribution in [1.29, 1.82) is 5.26 Å². The van der Waals surface area contributed by atoms with Gasteiger partial charge in [0, 0.05) is 23.7 Å². The maximum absolute atomic E-state index is 11.0. The van der Waals surface area contributed by atoms with Gasteiger partial charge in [0.15, 0.2) is 0 Å². The number of hydrogen-bond donors (Lipinski definition) is 1. The molecule has 2 aromatic carbocycles. The number of carbonyl (C=O) groups is 1. The molecular weight excluding hydrogens is 591 g/mol. The van der Waals surface area contributed by atoms with E-state index in [1.165, 1.54) is 29.6 Å². The van der Waals surface area contributed by atoms with Gasteiger partial charge in [-0.3, -0.25) is 4.79 Å². The number of anilines is 1. The lowest BCUT2D eigenvalue weighted by Crippen LogP contribution is -2.05. The third-order valence-electron chi connectivity index (χ3n) is 5.21. The lowest BCUT2D eigenvalue weighted by molar-refractivity contribution is -0.114. The molecule has 0 saturated carbocycles. The second kappa shape index (κ2) is 12.2. The van der Waals surface area contributed by atoms with Gasteiger partial charge < -0.3 is 14.4 Å². The van der Waals surface area contributed by atoms with Crippen LogP contribution < -0.4 is 5.32 Å². The fourth-order valence-electron chi connectivity index (χ4n) is 3.36. The molecule has 0 radical (unpaired) electrons. The monoisotopic (exact) mass is 606 g/mol. The Balaban J connectivity index is 0.000000162. The Morgan fingerprint density at radius 3 is 1.68 bits per heavy atom. The highest BCUT2D eigenvalue weighted by Crippen LogP contribution is 2.34. The largest absolute Gasteiger partial charge is 0.333 e. The highest BCUT2D eigenvalue weighted by atomic mass is 35.5. The van der Waals surface area contributed by atoms with E-state index in [-0.39, 0.29) is 5.91 Å². The Hall–Kier alpha value is -4.34. The number of amides is 1. The Morgan fingerprint density at radius 2 is 1.27 bits per heavy atom. The van der Waals surface area contributed by atoms with Crippen LogP contribution in [-0.4, -0.2) is 26.2 Å². The Bertz CT molecular complexity index is 1800. The quantitative estimate of drug-likeness (QED) is 0.208. The average molecular weight is 608 g/mol. The topological polar surface area (TPSA) is 131 Å². The molecule has 1 N–H and O–H groups in total. The first-order valence-electron chi connectivity index (χ1n) is 11.4. The zero-order valence-electron chi connectivity index (χ0n) is 20.5. The average Bonchev–Trinajstić information content (AvgIpc) is 3.77. The van der Waals surface area contributed by atoms with Crippen molar-refractivity contribution in [2.45, 2.75) is 6.92 Å². The van der Waals surface area contributed by atoms with Crippen LogP contribution in [0.4, 0.5) is 5.69 Å². The number of nitrogens with one attached hydrogen (secondary N) is 1. The molecule has 40 heavy (non-hydrogen) atoms. The zero-order valence-corrected chi connectivity index (χ0v) is 23.6. The van der Waals surface area contributed by atoms with Gasteiger partial charge in [0.1, 0.15) is 9.75 Å². The molecule has 0 atom stereocenters. The van der Waals surface area contributed by atoms with Gasteiger partial charge in [-0.25, -0.2) is 0 Å². The first-order valence-corrected chi connectivity index (χ1v) is 14.0. The molecule has 9 nitrogen and oxygen atoms in total. The number of nitriles is 1. The molecule has 6 aromatic rings. The van der Waals surface area contributed by atoms with E-state index in [0.717, 1.165) is 26.6 Å². The predicted octanol–water partition coefficient (Wildman–Crippen LogP) is 8.07. The molecule has 13 heteroatoms. The molecular formula is C27H16Cl2N6O3S2. The highest BCUT2D eigenvalue weighted by molar-refractivity contribution is 7.14. The molecule has 0 bridgehead atoms. The molecule has 4 heterocycles. The summed E-state index contributed by atoms with van der Waals surface area (Å²) in [5.74, 6) is 1.64. The number of rotatable bonds is 5. The van der Waals surface area contributed by atoms with Crippen molar-refractivity contribution in [2.24, 2.45) is 0 Å². The molecule has 0 aliphatic heterocycles. The van der Waals surface area contributed by atoms with E-state index in [0.29, 0.717) is 39.0 Å². The van der Waals surface area contributed by atoms with Crippen molar-refractivity contribution < 1.29 is 13.8 Å². The van der Waals surface area contributed by atoms with E-state index in [2.05, 4.69) is 31.7 Å². The molecule has 1 amide bonds. The first kappa shape index (κ1) is 27.2. The van der Waals surface area contributed by atoms with Crippen LogP contribution in [0.1, 0.15) is 12.5 Å². The van der Waals surface area contributed by atoms with E-state index in [9.17, 15) is 4.79 Å². The van der Waals surface area contributed by atoms with Gasteiger partial charge in [0.25, 0.3) is 11.8 Å². The number of halogens is 2. The van der Waals surface area contributed by atoms with E-state index in [1.807, 2.05) is 22.9 Å². The fourth-order valence-corrected chi connectivity index (χ4v) is 5.47. The predicted molar refractivity (Wildman–Crippen MR) is 155 cm³/mol. The maximum atomic E-state index is 11.0. The second-order valence-electron chi connectivity index (χ2n) is 7.99. The van der Waals surface area contributed by atoms with E-state index >= 15 is 0 Å². The summed E-state index contributed by atoms with van der Waals surface area (Å²) < 4.78 is 10.4. The molecule has 0 unspecified atom stereocenters. The highest BCUT2D eigenvalue weighted by Gasteiger charge is 2.15. The van der Waals surface area contributed by atoms with Crippen LogP contribution in [0.2, 0.25) is 10.0 Å². The normalized spacial score (nSPS) is 10.4. The minimum Gasteiger partial charge on any atom is -0.333 e. The summed E-state index contributed by atoms with van der Waals surface area (Å²) in [5, 5.41) is 24.2. The molecule has 4 aromatic heterocycles. The summed E-state index contributed by atoms with van der Waals surface area (Å²) in [6.45, 7) is 1.46. The standard InChI is InChI=1S/C14H10ClN3O2S.C13H6ClN3OS/c1-8(19)16-10-4-2-9(3-5-10)13-17-14(20-18-13)12-11(15)6-7-21-12;14-10-5-6-19-11(10)13-16-12(17-18-13)9-3-1-8(7-15)2-4-9/h2-7H,1H3,(H,16,19);1-6H. The second-order valence-corrected chi connectivity index (χ2v) is 10.6. The minimum atomic E-state index is -0.114. The molecule has 6 rings (SSSR count). The summed E-state index contributed by atoms with van der Waals surface area (Å²) in [5.41, 5.74) is 2.90. The van der Waals surface area contributed by atoms with Crippen LogP contribution >= 0.6 is 45.9 Å². The third kappa shape index (κ3) is 6.27. The fraction of sp³-hybridized carbons (Fsp3) is 0.0370. The van der Waals surface area contributed by atoms with Crippen LogP contribution in [0.3, 0.4) is 0 Å². The molecule has 0 fully saturated rings. The third-order valence-corrected chi connectivity index (χ3v) is 7.87. The van der Waals surface area contributed by atoms with E-state index in [4.69, 9.17) is 37.5 Å². The van der Waals surface area contributed by atoms with Crippen molar-refractivity contribution in [3.05, 3.63) is 87.0 Å². The lowest BCUT2D eigenvalue weighted by Gasteiger charge is -2.01. The Morgan fingerprint density at radius 1 is 0.800 bits per heavy atom. The molecule has 0 aliphatic rings. The van der Waals surface area contributed by atoms with Gasteiger partial charge in [-0.1, -0.05) is 33.5 Å². The van der Waals surface area contributed by atoms with Gasteiger partial charge in [-0.15, -0.1) is 22.7 Å². The minimum absolute atomic E-state index is 0.114. The summed E-state index contributed by atoms with van der Waals surface area (Å²) in [7, 11) is 0. The van der Waals surface area contributed by atoms with Crippen LogP contribution in [0.25, 0.3) is 44.3 Å². The smallest absolute Gasteiger partial charge is 0.269 e. The number of hydrogen-bond acceptors (Lipinski definition) is 10. The van der Waals surface area contributed by atoms with Crippen molar-refractivity contribution >= 4 is 57.5 Å². The van der Waals surface area contributed by atoms with Gasteiger partial charge in [-0.2, -0.15) is 15.2 Å². The summed E-state index contributed by atoms with van der Waals surface area (Å²) in [6.07, 6.45) is 0. The SMILES string of the molecule is CC(=O)Nc1ccc(-c2noc(-c3sccc3Cl)n2)cc1.N#Cc1ccc(-c2noc(-c3sccc3Cl)n2)cc1. The number of aromatic nitrogens is 4. The molecule has 0 spiro atoms. The van der Waals surface area contributed by atoms with Crippen LogP contribution in [0.5, 0.6) is 0 Å². The Labute approximate surface area is 245 Å². The van der Waals surface area contributed by atoms with Crippen molar-refractivity contribution in [3.63, 3.8) is 0 Å². The molecule has 0 aliphatic carbocycles. The van der Waals surface area contributed by atoms with Gasteiger partial charge in [-0.05, 0) is 71.4 Å². The number of carbonyl (C=O) groups excluding carboxylic acids is 1. The van der Waals surface area contributed by atoms with Crippen molar-refractivity contribution in [2.75, 3.05) is 5.32 Å². The van der Waals surface area contributed by atoms with Gasteiger partial charge in [0.2, 0.25) is 17.6 Å². The van der Waals surface area contributed by atoms with E-state index < -0.39 is 0 Å².